The first-order valence-corrected chi connectivity index (χ1v) is 13.7. The highest BCUT2D eigenvalue weighted by Crippen LogP contribution is 2.43. The van der Waals surface area contributed by atoms with Crippen molar-refractivity contribution >= 4 is 40.4 Å². The molecule has 0 aliphatic heterocycles. The molecule has 0 saturated heterocycles. The molecule has 10 heteroatoms. The minimum atomic E-state index is -2.82. The van der Waals surface area contributed by atoms with E-state index < -0.39 is 35.7 Å². The predicted octanol–water partition coefficient (Wildman–Crippen LogP) is 6.35. The van der Waals surface area contributed by atoms with Gasteiger partial charge in [0.05, 0.1) is 18.9 Å². The van der Waals surface area contributed by atoms with Crippen molar-refractivity contribution in [2.24, 2.45) is 0 Å². The highest BCUT2D eigenvalue weighted by atomic mass is 32.2. The average molecular weight is 541 g/mol. The van der Waals surface area contributed by atoms with E-state index in [1.807, 2.05) is 54.0 Å². The Morgan fingerprint density at radius 3 is 2.39 bits per heavy atom. The fraction of sp³-hybridized carbons (Fsp3) is 0.429. The number of anilines is 2. The summed E-state index contributed by atoms with van der Waals surface area (Å²) in [5.74, 6) is -2.18. The maximum absolute atomic E-state index is 14.0. The summed E-state index contributed by atoms with van der Waals surface area (Å²) in [6.45, 7) is 0. The van der Waals surface area contributed by atoms with Crippen molar-refractivity contribution in [1.82, 2.24) is 5.32 Å². The third-order valence-corrected chi connectivity index (χ3v) is 8.34. The van der Waals surface area contributed by atoms with Crippen molar-refractivity contribution in [3.63, 3.8) is 0 Å². The summed E-state index contributed by atoms with van der Waals surface area (Å²) < 4.78 is 41.8. The second-order valence-corrected chi connectivity index (χ2v) is 11.1. The summed E-state index contributed by atoms with van der Waals surface area (Å²) in [5.41, 5.74) is 1.25. The zero-order valence-electron chi connectivity index (χ0n) is 21.6. The van der Waals surface area contributed by atoms with Crippen LogP contribution in [0, 0.1) is 11.3 Å². The van der Waals surface area contributed by atoms with Crippen LogP contribution in [-0.2, 0) is 4.79 Å². The molecule has 0 bridgehead atoms. The molecule has 38 heavy (non-hydrogen) atoms. The first-order chi connectivity index (χ1) is 18.1. The van der Waals surface area contributed by atoms with Gasteiger partial charge in [-0.2, -0.15) is 5.26 Å². The SMILES string of the molecule is COc1cc(-c2ccc3cc(NC4(C(=O)NC5(C#N)CC5)CCC(F)(F)CC4)oc3c2)ccc1N(C)SC. The number of methoxy groups -OCH3 is 1. The molecule has 2 saturated carbocycles. The Hall–Kier alpha value is -3.45. The molecule has 1 aromatic heterocycles. The Labute approximate surface area is 224 Å². The predicted molar refractivity (Wildman–Crippen MR) is 146 cm³/mol. The molecule has 0 radical (unpaired) electrons. The number of benzene rings is 2. The first-order valence-electron chi connectivity index (χ1n) is 12.5. The zero-order chi connectivity index (χ0) is 27.1. The molecule has 0 atom stereocenters. The van der Waals surface area contributed by atoms with E-state index in [0.717, 1.165) is 28.0 Å². The van der Waals surface area contributed by atoms with Crippen LogP contribution in [0.4, 0.5) is 20.4 Å². The van der Waals surface area contributed by atoms with Crippen LogP contribution >= 0.6 is 11.9 Å². The number of furan rings is 1. The fourth-order valence-corrected chi connectivity index (χ4v) is 5.25. The standard InChI is InChI=1S/C28H30F2N4O3S/c1-34(38-3)21-7-6-19(15-23(21)36-2)18-4-5-20-16-24(37-22(20)14-18)32-27(10-12-28(29,30)13-11-27)25(35)33-26(17-31)8-9-26/h4-7,14-16,32H,8-13H2,1-3H3,(H,33,35). The number of alkyl halides is 2. The van der Waals surface area contributed by atoms with Gasteiger partial charge in [-0.15, -0.1) is 0 Å². The molecule has 1 heterocycles. The van der Waals surface area contributed by atoms with E-state index in [0.29, 0.717) is 24.3 Å². The number of carbonyl (C=O) groups is 1. The number of nitriles is 1. The molecule has 7 nitrogen and oxygen atoms in total. The van der Waals surface area contributed by atoms with Gasteiger partial charge >= 0.3 is 0 Å². The molecule has 200 valence electrons. The van der Waals surface area contributed by atoms with Gasteiger partial charge in [-0.3, -0.25) is 4.79 Å². The fourth-order valence-electron chi connectivity index (χ4n) is 4.90. The van der Waals surface area contributed by atoms with E-state index in [1.54, 1.807) is 25.1 Å². The smallest absolute Gasteiger partial charge is 0.248 e. The van der Waals surface area contributed by atoms with E-state index in [-0.39, 0.29) is 12.8 Å². The molecular formula is C28H30F2N4O3S. The Balaban J connectivity index is 1.43. The topological polar surface area (TPSA) is 90.5 Å². The summed E-state index contributed by atoms with van der Waals surface area (Å²) in [6, 6.07) is 15.7. The number of fused-ring (bicyclic) bond motifs is 1. The number of ether oxygens (including phenoxy) is 1. The van der Waals surface area contributed by atoms with Crippen molar-refractivity contribution in [3.05, 3.63) is 42.5 Å². The third-order valence-electron chi connectivity index (χ3n) is 7.60. The van der Waals surface area contributed by atoms with E-state index in [1.165, 1.54) is 0 Å². The van der Waals surface area contributed by atoms with Gasteiger partial charge in [-0.1, -0.05) is 30.1 Å². The lowest BCUT2D eigenvalue weighted by Crippen LogP contribution is -2.58. The number of nitrogens with one attached hydrogen (secondary N) is 2. The number of amides is 1. The lowest BCUT2D eigenvalue weighted by Gasteiger charge is -2.39. The molecular weight excluding hydrogens is 510 g/mol. The minimum absolute atomic E-state index is 0.0632. The van der Waals surface area contributed by atoms with Gasteiger partial charge in [-0.05, 0) is 55.0 Å². The van der Waals surface area contributed by atoms with Crippen LogP contribution in [0.25, 0.3) is 22.1 Å². The van der Waals surface area contributed by atoms with Crippen LogP contribution in [0.5, 0.6) is 5.75 Å². The highest BCUT2D eigenvalue weighted by Gasteiger charge is 2.53. The van der Waals surface area contributed by atoms with Crippen LogP contribution in [0.2, 0.25) is 0 Å². The molecule has 2 N–H and O–H groups in total. The lowest BCUT2D eigenvalue weighted by molar-refractivity contribution is -0.130. The minimum Gasteiger partial charge on any atom is -0.495 e. The molecule has 2 fully saturated rings. The van der Waals surface area contributed by atoms with E-state index >= 15 is 0 Å². The van der Waals surface area contributed by atoms with Crippen LogP contribution in [0.3, 0.4) is 0 Å². The molecule has 2 aliphatic rings. The summed E-state index contributed by atoms with van der Waals surface area (Å²) >= 11 is 1.58. The Morgan fingerprint density at radius 2 is 1.76 bits per heavy atom. The van der Waals surface area contributed by atoms with Crippen LogP contribution in [-0.4, -0.2) is 43.3 Å². The van der Waals surface area contributed by atoms with Gasteiger partial charge < -0.3 is 24.1 Å². The summed E-state index contributed by atoms with van der Waals surface area (Å²) in [5, 5.41) is 16.2. The Kier molecular flexibility index (Phi) is 6.68. The van der Waals surface area contributed by atoms with Gasteiger partial charge in [0.25, 0.3) is 0 Å². The average Bonchev–Trinajstić information content (AvgIpc) is 3.58. The van der Waals surface area contributed by atoms with Crippen LogP contribution < -0.4 is 19.7 Å². The van der Waals surface area contributed by atoms with E-state index in [9.17, 15) is 18.8 Å². The molecule has 0 unspecified atom stereocenters. The van der Waals surface area contributed by atoms with Gasteiger partial charge in [0.15, 0.2) is 5.88 Å². The molecule has 0 spiro atoms. The second kappa shape index (κ2) is 9.70. The lowest BCUT2D eigenvalue weighted by atomic mass is 9.79. The largest absolute Gasteiger partial charge is 0.495 e. The van der Waals surface area contributed by atoms with Crippen molar-refractivity contribution < 1.29 is 22.7 Å². The van der Waals surface area contributed by atoms with Crippen molar-refractivity contribution in [2.75, 3.05) is 30.0 Å². The van der Waals surface area contributed by atoms with Crippen molar-refractivity contribution in [1.29, 1.82) is 5.26 Å². The normalized spacial score (nSPS) is 18.8. The van der Waals surface area contributed by atoms with Gasteiger partial charge in [0.1, 0.15) is 22.4 Å². The molecule has 1 amide bonds. The van der Waals surface area contributed by atoms with E-state index in [4.69, 9.17) is 9.15 Å². The van der Waals surface area contributed by atoms with Gasteiger partial charge in [-0.25, -0.2) is 8.78 Å². The Bertz CT molecular complexity index is 1400. The van der Waals surface area contributed by atoms with Crippen molar-refractivity contribution in [3.8, 4) is 22.9 Å². The quantitative estimate of drug-likeness (QED) is 0.322. The Morgan fingerprint density at radius 1 is 1.08 bits per heavy atom. The van der Waals surface area contributed by atoms with Crippen LogP contribution in [0.15, 0.2) is 46.9 Å². The first kappa shape index (κ1) is 26.2. The van der Waals surface area contributed by atoms with E-state index in [2.05, 4.69) is 16.7 Å². The molecule has 2 aromatic carbocycles. The summed E-state index contributed by atoms with van der Waals surface area (Å²) in [7, 11) is 3.61. The highest BCUT2D eigenvalue weighted by molar-refractivity contribution is 7.99. The number of rotatable bonds is 8. The number of nitrogens with zero attached hydrogens (tertiary/aromatic N) is 2. The van der Waals surface area contributed by atoms with Crippen LogP contribution in [0.1, 0.15) is 38.5 Å². The molecule has 3 aromatic rings. The maximum Gasteiger partial charge on any atom is 0.248 e. The third kappa shape index (κ3) is 4.99. The number of hydrogen-bond acceptors (Lipinski definition) is 7. The van der Waals surface area contributed by atoms with Gasteiger partial charge in [0.2, 0.25) is 11.8 Å². The number of carbonyl (C=O) groups excluding carboxylic acids is 1. The van der Waals surface area contributed by atoms with Gasteiger partial charge in [0, 0.05) is 37.6 Å². The molecule has 2 aliphatic carbocycles. The molecule has 5 rings (SSSR count). The second-order valence-electron chi connectivity index (χ2n) is 10.1. The number of halogens is 2. The summed E-state index contributed by atoms with van der Waals surface area (Å²) in [4.78, 5) is 13.3. The number of hydrogen-bond donors (Lipinski definition) is 2. The summed E-state index contributed by atoms with van der Waals surface area (Å²) in [6.07, 6.45) is 2.16. The zero-order valence-corrected chi connectivity index (χ0v) is 22.4. The monoisotopic (exact) mass is 540 g/mol. The van der Waals surface area contributed by atoms with Crippen molar-refractivity contribution in [2.45, 2.75) is 55.5 Å². The maximum atomic E-state index is 14.0.